The monoisotopic (exact) mass is 169 g/mol. The smallest absolute Gasteiger partial charge is 0.224 e. The summed E-state index contributed by atoms with van der Waals surface area (Å²) in [7, 11) is 0. The second kappa shape index (κ2) is 2.48. The molecule has 1 N–H and O–H groups in total. The normalized spacial score (nSPS) is 26.6. The number of carbonyl (C=O) groups is 1. The van der Waals surface area contributed by atoms with Gasteiger partial charge in [-0.15, -0.1) is 0 Å². The third kappa shape index (κ3) is 2.23. The van der Waals surface area contributed by atoms with Gasteiger partial charge in [0.2, 0.25) is 5.91 Å². The molecule has 0 radical (unpaired) electrons. The van der Waals surface area contributed by atoms with Crippen LogP contribution in [-0.2, 0) is 4.79 Å². The summed E-state index contributed by atoms with van der Waals surface area (Å²) < 4.78 is 0. The van der Waals surface area contributed by atoms with Crippen LogP contribution in [0.15, 0.2) is 0 Å². The number of carbonyl (C=O) groups excluding carboxylic acids is 1. The minimum atomic E-state index is -0.0875. The van der Waals surface area contributed by atoms with E-state index in [0.717, 1.165) is 6.42 Å². The highest BCUT2D eigenvalue weighted by Gasteiger charge is 2.50. The Morgan fingerprint density at radius 2 is 1.83 bits per heavy atom. The van der Waals surface area contributed by atoms with E-state index >= 15 is 0 Å². The van der Waals surface area contributed by atoms with E-state index in [1.807, 2.05) is 20.8 Å². The van der Waals surface area contributed by atoms with Crippen LogP contribution >= 0.6 is 0 Å². The zero-order chi connectivity index (χ0) is 9.57. The summed E-state index contributed by atoms with van der Waals surface area (Å²) in [5.41, 5.74) is 0.158. The molecule has 1 unspecified atom stereocenters. The van der Waals surface area contributed by atoms with Crippen molar-refractivity contribution in [1.82, 2.24) is 5.32 Å². The van der Waals surface area contributed by atoms with Crippen LogP contribution in [0.5, 0.6) is 0 Å². The van der Waals surface area contributed by atoms with E-state index in [4.69, 9.17) is 0 Å². The lowest BCUT2D eigenvalue weighted by atomic mass is 10.1. The fourth-order valence-corrected chi connectivity index (χ4v) is 1.37. The molecular weight excluding hydrogens is 150 g/mol. The molecular formula is C10H19NO. The molecule has 2 heteroatoms. The van der Waals surface area contributed by atoms with Gasteiger partial charge in [-0.2, -0.15) is 0 Å². The van der Waals surface area contributed by atoms with Crippen LogP contribution in [0.1, 0.15) is 41.0 Å². The molecule has 12 heavy (non-hydrogen) atoms. The fourth-order valence-electron chi connectivity index (χ4n) is 1.37. The van der Waals surface area contributed by atoms with E-state index in [2.05, 4.69) is 19.2 Å². The SMILES string of the molecule is CC(C)(C)NC(=O)C1CC1(C)C. The van der Waals surface area contributed by atoms with Crippen molar-refractivity contribution in [1.29, 1.82) is 0 Å². The maximum Gasteiger partial charge on any atom is 0.224 e. The molecule has 0 spiro atoms. The Labute approximate surface area is 74.7 Å². The highest BCUT2D eigenvalue weighted by atomic mass is 16.2. The predicted molar refractivity (Wildman–Crippen MR) is 49.8 cm³/mol. The largest absolute Gasteiger partial charge is 0.351 e. The van der Waals surface area contributed by atoms with Crippen molar-refractivity contribution in [3.05, 3.63) is 0 Å². The first-order chi connectivity index (χ1) is 5.22. The Balaban J connectivity index is 2.42. The van der Waals surface area contributed by atoms with Gasteiger partial charge in [-0.05, 0) is 32.6 Å². The number of hydrogen-bond acceptors (Lipinski definition) is 1. The quantitative estimate of drug-likeness (QED) is 0.638. The molecule has 0 saturated heterocycles. The Bertz CT molecular complexity index is 200. The minimum Gasteiger partial charge on any atom is -0.351 e. The van der Waals surface area contributed by atoms with Crippen molar-refractivity contribution < 1.29 is 4.79 Å². The maximum absolute atomic E-state index is 11.5. The molecule has 1 aliphatic rings. The third-order valence-electron chi connectivity index (χ3n) is 2.33. The highest BCUT2D eigenvalue weighted by molar-refractivity contribution is 5.82. The Hall–Kier alpha value is -0.530. The van der Waals surface area contributed by atoms with E-state index in [1.165, 1.54) is 0 Å². The molecule has 0 aromatic rings. The van der Waals surface area contributed by atoms with Gasteiger partial charge in [0, 0.05) is 11.5 Å². The van der Waals surface area contributed by atoms with Crippen LogP contribution in [0.3, 0.4) is 0 Å². The second-order valence-electron chi connectivity index (χ2n) is 5.48. The molecule has 1 fully saturated rings. The zero-order valence-corrected chi connectivity index (χ0v) is 8.69. The summed E-state index contributed by atoms with van der Waals surface area (Å²) >= 11 is 0. The van der Waals surface area contributed by atoms with E-state index in [1.54, 1.807) is 0 Å². The molecule has 0 heterocycles. The van der Waals surface area contributed by atoms with Gasteiger partial charge in [0.15, 0.2) is 0 Å². The van der Waals surface area contributed by atoms with Crippen LogP contribution in [0.2, 0.25) is 0 Å². The second-order valence-corrected chi connectivity index (χ2v) is 5.48. The Kier molecular flexibility index (Phi) is 1.97. The zero-order valence-electron chi connectivity index (χ0n) is 8.69. The lowest BCUT2D eigenvalue weighted by molar-refractivity contribution is -0.124. The molecule has 1 rings (SSSR count). The topological polar surface area (TPSA) is 29.1 Å². The van der Waals surface area contributed by atoms with Crippen molar-refractivity contribution in [3.63, 3.8) is 0 Å². The fraction of sp³-hybridized carbons (Fsp3) is 0.900. The van der Waals surface area contributed by atoms with Gasteiger partial charge < -0.3 is 5.32 Å². The van der Waals surface area contributed by atoms with Gasteiger partial charge in [-0.25, -0.2) is 0 Å². The Morgan fingerprint density at radius 3 is 2.08 bits per heavy atom. The number of hydrogen-bond donors (Lipinski definition) is 1. The van der Waals surface area contributed by atoms with Crippen LogP contribution in [0.25, 0.3) is 0 Å². The molecule has 1 atom stereocenters. The summed E-state index contributed by atoms with van der Waals surface area (Å²) in [5.74, 6) is 0.462. The average Bonchev–Trinajstić information content (AvgIpc) is 2.35. The number of amides is 1. The van der Waals surface area contributed by atoms with Crippen LogP contribution in [0, 0.1) is 11.3 Å². The van der Waals surface area contributed by atoms with Crippen molar-refractivity contribution in [3.8, 4) is 0 Å². The van der Waals surface area contributed by atoms with Gasteiger partial charge in [-0.1, -0.05) is 13.8 Å². The molecule has 0 aliphatic heterocycles. The lowest BCUT2D eigenvalue weighted by Crippen LogP contribution is -2.42. The van der Waals surface area contributed by atoms with E-state index < -0.39 is 0 Å². The number of rotatable bonds is 1. The summed E-state index contributed by atoms with van der Waals surface area (Å²) in [6, 6.07) is 0. The first-order valence-corrected chi connectivity index (χ1v) is 4.54. The van der Waals surface area contributed by atoms with Crippen molar-refractivity contribution in [2.75, 3.05) is 0 Å². The average molecular weight is 169 g/mol. The summed E-state index contributed by atoms with van der Waals surface area (Å²) in [5, 5.41) is 3.00. The van der Waals surface area contributed by atoms with Crippen molar-refractivity contribution in [2.45, 2.75) is 46.6 Å². The Morgan fingerprint density at radius 1 is 1.42 bits per heavy atom. The van der Waals surface area contributed by atoms with Gasteiger partial charge in [0.05, 0.1) is 0 Å². The standard InChI is InChI=1S/C10H19NO/c1-9(2,3)11-8(12)7-6-10(7,4)5/h7H,6H2,1-5H3,(H,11,12). The highest BCUT2D eigenvalue weighted by Crippen LogP contribution is 2.51. The molecule has 70 valence electrons. The van der Waals surface area contributed by atoms with E-state index in [-0.39, 0.29) is 22.8 Å². The van der Waals surface area contributed by atoms with E-state index in [0.29, 0.717) is 0 Å². The summed E-state index contributed by atoms with van der Waals surface area (Å²) in [4.78, 5) is 11.5. The summed E-state index contributed by atoms with van der Waals surface area (Å²) in [6.45, 7) is 10.3. The number of nitrogens with one attached hydrogen (secondary N) is 1. The van der Waals surface area contributed by atoms with Crippen LogP contribution < -0.4 is 5.32 Å². The van der Waals surface area contributed by atoms with Gasteiger partial charge in [0.25, 0.3) is 0 Å². The van der Waals surface area contributed by atoms with Gasteiger partial charge >= 0.3 is 0 Å². The summed E-state index contributed by atoms with van der Waals surface area (Å²) in [6.07, 6.45) is 1.04. The maximum atomic E-state index is 11.5. The van der Waals surface area contributed by atoms with Crippen molar-refractivity contribution >= 4 is 5.91 Å². The molecule has 0 bridgehead atoms. The minimum absolute atomic E-state index is 0.0875. The first kappa shape index (κ1) is 9.56. The first-order valence-electron chi connectivity index (χ1n) is 4.54. The molecule has 0 aromatic heterocycles. The predicted octanol–water partition coefficient (Wildman–Crippen LogP) is 1.95. The van der Waals surface area contributed by atoms with Crippen LogP contribution in [0.4, 0.5) is 0 Å². The van der Waals surface area contributed by atoms with Gasteiger partial charge in [-0.3, -0.25) is 4.79 Å². The lowest BCUT2D eigenvalue weighted by Gasteiger charge is -2.20. The molecule has 2 nitrogen and oxygen atoms in total. The molecule has 1 saturated carbocycles. The van der Waals surface area contributed by atoms with E-state index in [9.17, 15) is 4.79 Å². The molecule has 1 aliphatic carbocycles. The van der Waals surface area contributed by atoms with Gasteiger partial charge in [0.1, 0.15) is 0 Å². The van der Waals surface area contributed by atoms with Crippen LogP contribution in [-0.4, -0.2) is 11.4 Å². The molecule has 0 aromatic carbocycles. The third-order valence-corrected chi connectivity index (χ3v) is 2.33. The molecule has 1 amide bonds. The van der Waals surface area contributed by atoms with Crippen molar-refractivity contribution in [2.24, 2.45) is 11.3 Å².